The monoisotopic (exact) mass is 363 g/mol. The smallest absolute Gasteiger partial charge is 0.387 e. The molecule has 5 nitrogen and oxygen atoms in total. The molecule has 0 aliphatic carbocycles. The highest BCUT2D eigenvalue weighted by Gasteiger charge is 2.18. The van der Waals surface area contributed by atoms with Crippen LogP contribution in [0, 0.1) is 0 Å². The van der Waals surface area contributed by atoms with E-state index in [4.69, 9.17) is 9.47 Å². The molecule has 1 aliphatic heterocycles. The van der Waals surface area contributed by atoms with Gasteiger partial charge in [-0.15, -0.1) is 0 Å². The number of ether oxygens (including phenoxy) is 3. The Bertz CT molecular complexity index is 810. The number of alkyl halides is 2. The molecule has 0 saturated carbocycles. The maximum absolute atomic E-state index is 12.6. The molecular weight excluding hydrogens is 344 g/mol. The van der Waals surface area contributed by atoms with Crippen molar-refractivity contribution >= 4 is 5.91 Å². The average Bonchev–Trinajstić information content (AvgIpc) is 3.09. The highest BCUT2D eigenvalue weighted by atomic mass is 19.3. The molecule has 1 amide bonds. The van der Waals surface area contributed by atoms with Gasteiger partial charge in [0, 0.05) is 25.6 Å². The van der Waals surface area contributed by atoms with Crippen LogP contribution in [0.25, 0.3) is 0 Å². The number of hydrogen-bond acceptors (Lipinski definition) is 4. The summed E-state index contributed by atoms with van der Waals surface area (Å²) in [5.74, 6) is 0.840. The number of carbonyl (C=O) groups is 1. The Labute approximate surface area is 150 Å². The van der Waals surface area contributed by atoms with Crippen molar-refractivity contribution in [3.8, 4) is 17.2 Å². The zero-order chi connectivity index (χ0) is 18.7. The van der Waals surface area contributed by atoms with Crippen LogP contribution in [-0.4, -0.2) is 38.2 Å². The summed E-state index contributed by atoms with van der Waals surface area (Å²) in [7, 11) is 3.06. The summed E-state index contributed by atoms with van der Waals surface area (Å²) in [6, 6.07) is 10.0. The first-order chi connectivity index (χ1) is 12.5. The highest BCUT2D eigenvalue weighted by molar-refractivity contribution is 5.94. The maximum Gasteiger partial charge on any atom is 0.387 e. The summed E-state index contributed by atoms with van der Waals surface area (Å²) in [5, 5.41) is 0. The molecule has 0 atom stereocenters. The Hall–Kier alpha value is -2.83. The summed E-state index contributed by atoms with van der Waals surface area (Å²) in [5.41, 5.74) is 2.35. The third-order valence-electron chi connectivity index (χ3n) is 4.15. The van der Waals surface area contributed by atoms with Crippen LogP contribution in [0.2, 0.25) is 0 Å². The average molecular weight is 363 g/mol. The van der Waals surface area contributed by atoms with Gasteiger partial charge in [0.25, 0.3) is 5.91 Å². The molecule has 26 heavy (non-hydrogen) atoms. The second-order valence-electron chi connectivity index (χ2n) is 5.95. The first kappa shape index (κ1) is 18.0. The Morgan fingerprint density at radius 2 is 2.04 bits per heavy atom. The molecule has 0 fully saturated rings. The van der Waals surface area contributed by atoms with Gasteiger partial charge in [0.1, 0.15) is 5.75 Å². The molecule has 0 bridgehead atoms. The normalized spacial score (nSPS) is 12.5. The maximum atomic E-state index is 12.6. The largest absolute Gasteiger partial charge is 0.493 e. The van der Waals surface area contributed by atoms with E-state index in [0.717, 1.165) is 23.3 Å². The minimum absolute atomic E-state index is 0.0427. The number of carbonyl (C=O) groups excluding carboxylic acids is 1. The molecule has 0 unspecified atom stereocenters. The number of benzene rings is 2. The van der Waals surface area contributed by atoms with E-state index in [2.05, 4.69) is 4.74 Å². The number of hydrogen-bond donors (Lipinski definition) is 0. The standard InChI is InChI=1S/C19H19F2NO4/c1-22(18(23)14-4-6-15-13(10-14)7-8-25-15)11-12-3-5-16(26-19(20)21)17(9-12)24-2/h3-6,9-10,19H,7-8,11H2,1-2H3. The van der Waals surface area contributed by atoms with Crippen molar-refractivity contribution in [2.75, 3.05) is 20.8 Å². The van der Waals surface area contributed by atoms with E-state index in [-0.39, 0.29) is 17.4 Å². The lowest BCUT2D eigenvalue weighted by atomic mass is 10.1. The quantitative estimate of drug-likeness (QED) is 0.788. The van der Waals surface area contributed by atoms with Crippen molar-refractivity contribution in [2.45, 2.75) is 19.6 Å². The molecule has 0 saturated heterocycles. The lowest BCUT2D eigenvalue weighted by Crippen LogP contribution is -2.26. The van der Waals surface area contributed by atoms with Gasteiger partial charge in [-0.2, -0.15) is 8.78 Å². The van der Waals surface area contributed by atoms with E-state index in [9.17, 15) is 13.6 Å². The molecule has 1 aliphatic rings. The molecule has 7 heteroatoms. The van der Waals surface area contributed by atoms with Gasteiger partial charge in [-0.1, -0.05) is 6.07 Å². The van der Waals surface area contributed by atoms with E-state index in [0.29, 0.717) is 18.7 Å². The Morgan fingerprint density at radius 3 is 2.77 bits per heavy atom. The number of nitrogens with zero attached hydrogens (tertiary/aromatic N) is 1. The van der Waals surface area contributed by atoms with Crippen molar-refractivity contribution in [3.05, 3.63) is 53.1 Å². The van der Waals surface area contributed by atoms with Crippen molar-refractivity contribution in [2.24, 2.45) is 0 Å². The molecule has 0 aromatic heterocycles. The second-order valence-corrected chi connectivity index (χ2v) is 5.95. The SMILES string of the molecule is COc1cc(CN(C)C(=O)c2ccc3c(c2)CCO3)ccc1OC(F)F. The van der Waals surface area contributed by atoms with Crippen LogP contribution in [0.5, 0.6) is 17.2 Å². The van der Waals surface area contributed by atoms with E-state index in [1.807, 2.05) is 12.1 Å². The van der Waals surface area contributed by atoms with E-state index in [1.54, 1.807) is 30.1 Å². The molecule has 0 spiro atoms. The van der Waals surface area contributed by atoms with Gasteiger partial charge in [-0.05, 0) is 41.5 Å². The predicted molar refractivity (Wildman–Crippen MR) is 91.1 cm³/mol. The van der Waals surface area contributed by atoms with Crippen LogP contribution in [0.3, 0.4) is 0 Å². The van der Waals surface area contributed by atoms with Gasteiger partial charge >= 0.3 is 6.61 Å². The van der Waals surface area contributed by atoms with Gasteiger partial charge in [0.15, 0.2) is 11.5 Å². The van der Waals surface area contributed by atoms with Gasteiger partial charge in [0.2, 0.25) is 0 Å². The summed E-state index contributed by atoms with van der Waals surface area (Å²) in [4.78, 5) is 14.2. The minimum Gasteiger partial charge on any atom is -0.493 e. The second kappa shape index (κ2) is 7.59. The molecular formula is C19H19F2NO4. The number of halogens is 2. The van der Waals surface area contributed by atoms with Gasteiger partial charge in [-0.3, -0.25) is 4.79 Å². The van der Waals surface area contributed by atoms with Crippen LogP contribution in [0.1, 0.15) is 21.5 Å². The third-order valence-corrected chi connectivity index (χ3v) is 4.15. The van der Waals surface area contributed by atoms with Gasteiger partial charge < -0.3 is 19.1 Å². The first-order valence-corrected chi connectivity index (χ1v) is 8.11. The van der Waals surface area contributed by atoms with Gasteiger partial charge in [0.05, 0.1) is 13.7 Å². The third kappa shape index (κ3) is 3.87. The molecule has 0 N–H and O–H groups in total. The van der Waals surface area contributed by atoms with Crippen LogP contribution in [-0.2, 0) is 13.0 Å². The molecule has 2 aromatic carbocycles. The lowest BCUT2D eigenvalue weighted by molar-refractivity contribution is -0.0512. The van der Waals surface area contributed by atoms with Crippen molar-refractivity contribution in [1.82, 2.24) is 4.90 Å². The minimum atomic E-state index is -2.93. The zero-order valence-electron chi connectivity index (χ0n) is 14.5. The Morgan fingerprint density at radius 1 is 1.23 bits per heavy atom. The molecule has 3 rings (SSSR count). The number of amides is 1. The summed E-state index contributed by atoms with van der Waals surface area (Å²) >= 11 is 0. The molecule has 0 radical (unpaired) electrons. The summed E-state index contributed by atoms with van der Waals surface area (Å²) in [6.07, 6.45) is 0.795. The van der Waals surface area contributed by atoms with Crippen LogP contribution in [0.15, 0.2) is 36.4 Å². The van der Waals surface area contributed by atoms with E-state index in [1.165, 1.54) is 13.2 Å². The van der Waals surface area contributed by atoms with E-state index >= 15 is 0 Å². The van der Waals surface area contributed by atoms with Crippen LogP contribution in [0.4, 0.5) is 8.78 Å². The Balaban J connectivity index is 1.72. The van der Waals surface area contributed by atoms with Crippen LogP contribution >= 0.6 is 0 Å². The lowest BCUT2D eigenvalue weighted by Gasteiger charge is -2.19. The predicted octanol–water partition coefficient (Wildman–Crippen LogP) is 3.50. The summed E-state index contributed by atoms with van der Waals surface area (Å²) < 4.78 is 39.7. The number of fused-ring (bicyclic) bond motifs is 1. The van der Waals surface area contributed by atoms with Crippen molar-refractivity contribution in [3.63, 3.8) is 0 Å². The Kier molecular flexibility index (Phi) is 5.25. The van der Waals surface area contributed by atoms with Crippen molar-refractivity contribution in [1.29, 1.82) is 0 Å². The fourth-order valence-electron chi connectivity index (χ4n) is 2.89. The molecule has 2 aromatic rings. The van der Waals surface area contributed by atoms with E-state index < -0.39 is 6.61 Å². The molecule has 138 valence electrons. The topological polar surface area (TPSA) is 48.0 Å². The van der Waals surface area contributed by atoms with Crippen LogP contribution < -0.4 is 14.2 Å². The first-order valence-electron chi connectivity index (χ1n) is 8.11. The number of methoxy groups -OCH3 is 1. The van der Waals surface area contributed by atoms with Gasteiger partial charge in [-0.25, -0.2) is 0 Å². The molecule has 1 heterocycles. The fourth-order valence-corrected chi connectivity index (χ4v) is 2.89. The number of rotatable bonds is 6. The highest BCUT2D eigenvalue weighted by Crippen LogP contribution is 2.30. The van der Waals surface area contributed by atoms with Crippen molar-refractivity contribution < 1.29 is 27.8 Å². The summed E-state index contributed by atoms with van der Waals surface area (Å²) in [6.45, 7) is -1.99. The fraction of sp³-hybridized carbons (Fsp3) is 0.316. The zero-order valence-corrected chi connectivity index (χ0v) is 14.5.